The molecule has 0 saturated heterocycles. The van der Waals surface area contributed by atoms with Gasteiger partial charge in [0, 0.05) is 37.9 Å². The second-order valence-electron chi connectivity index (χ2n) is 9.63. The molecule has 4 aromatic heterocycles. The van der Waals surface area contributed by atoms with Gasteiger partial charge in [0.1, 0.15) is 12.2 Å². The van der Waals surface area contributed by atoms with Crippen LogP contribution in [0, 0.1) is 0 Å². The van der Waals surface area contributed by atoms with Crippen molar-refractivity contribution in [2.24, 2.45) is 0 Å². The van der Waals surface area contributed by atoms with Gasteiger partial charge in [-0.2, -0.15) is 26.3 Å². The Morgan fingerprint density at radius 2 is 0.864 bits per heavy atom. The Kier molecular flexibility index (Phi) is 8.67. The van der Waals surface area contributed by atoms with Crippen LogP contribution in [0.25, 0.3) is 30.3 Å². The van der Waals surface area contributed by atoms with Gasteiger partial charge in [0.25, 0.3) is 0 Å². The van der Waals surface area contributed by atoms with Crippen molar-refractivity contribution in [3.8, 4) is 20.9 Å². The van der Waals surface area contributed by atoms with Gasteiger partial charge >= 0.3 is 12.4 Å². The van der Waals surface area contributed by atoms with E-state index in [-0.39, 0.29) is 0 Å². The van der Waals surface area contributed by atoms with Gasteiger partial charge in [0.15, 0.2) is 0 Å². The molecule has 228 valence electrons. The summed E-state index contributed by atoms with van der Waals surface area (Å²) in [5.74, 6) is 0. The highest BCUT2D eigenvalue weighted by Gasteiger charge is 2.31. The van der Waals surface area contributed by atoms with Crippen LogP contribution in [0.3, 0.4) is 0 Å². The molecule has 6 rings (SSSR count). The lowest BCUT2D eigenvalue weighted by molar-refractivity contribution is -0.138. The van der Waals surface area contributed by atoms with E-state index in [9.17, 15) is 36.6 Å². The molecule has 2 N–H and O–H groups in total. The Hall–Kier alpha value is -2.04. The maximum Gasteiger partial charge on any atom is 0.416 e. The SMILES string of the molecule is OC(c1cc2sc(C(O)c3sc(-c4ccc(C(F)(F)F)cc4)cc3Br)cc2s1)c1sc(-c2ccc(C(F)(F)F)cc2)cc1Br. The third-order valence-electron chi connectivity index (χ3n) is 6.70. The number of benzene rings is 2. The van der Waals surface area contributed by atoms with Gasteiger partial charge in [0.2, 0.25) is 0 Å². The van der Waals surface area contributed by atoms with Crippen molar-refractivity contribution in [1.82, 2.24) is 0 Å². The van der Waals surface area contributed by atoms with Crippen LogP contribution in [0.2, 0.25) is 0 Å². The highest BCUT2D eigenvalue weighted by atomic mass is 79.9. The highest BCUT2D eigenvalue weighted by molar-refractivity contribution is 9.11. The summed E-state index contributed by atoms with van der Waals surface area (Å²) in [4.78, 5) is 4.01. The summed E-state index contributed by atoms with van der Waals surface area (Å²) >= 11 is 12.3. The molecule has 0 saturated carbocycles. The van der Waals surface area contributed by atoms with Crippen molar-refractivity contribution in [1.29, 1.82) is 0 Å². The lowest BCUT2D eigenvalue weighted by atomic mass is 10.1. The van der Waals surface area contributed by atoms with Gasteiger partial charge in [0.05, 0.1) is 20.9 Å². The Labute approximate surface area is 279 Å². The predicted octanol–water partition coefficient (Wildman–Crippen LogP) is 12.1. The van der Waals surface area contributed by atoms with E-state index in [1.165, 1.54) is 69.6 Å². The Bertz CT molecular complexity index is 1780. The van der Waals surface area contributed by atoms with E-state index < -0.39 is 35.7 Å². The zero-order valence-corrected chi connectivity index (χ0v) is 28.1. The van der Waals surface area contributed by atoms with Gasteiger partial charge in [-0.25, -0.2) is 0 Å². The number of hydrogen-bond acceptors (Lipinski definition) is 6. The number of aliphatic hydroxyl groups is 2. The lowest BCUT2D eigenvalue weighted by Crippen LogP contribution is -2.03. The van der Waals surface area contributed by atoms with Crippen LogP contribution in [-0.4, -0.2) is 10.2 Å². The molecule has 2 atom stereocenters. The van der Waals surface area contributed by atoms with Crippen LogP contribution in [-0.2, 0) is 12.4 Å². The van der Waals surface area contributed by atoms with Crippen molar-refractivity contribution in [3.05, 3.63) is 112 Å². The fourth-order valence-electron chi connectivity index (χ4n) is 4.47. The molecule has 0 radical (unpaired) electrons. The summed E-state index contributed by atoms with van der Waals surface area (Å²) in [7, 11) is 0. The van der Waals surface area contributed by atoms with Crippen molar-refractivity contribution >= 4 is 86.6 Å². The molecule has 0 bridgehead atoms. The number of fused-ring (bicyclic) bond motifs is 1. The number of hydrogen-bond donors (Lipinski definition) is 2. The first kappa shape index (κ1) is 31.9. The summed E-state index contributed by atoms with van der Waals surface area (Å²) in [5, 5.41) is 22.4. The summed E-state index contributed by atoms with van der Waals surface area (Å²) in [6.07, 6.45) is -10.8. The molecule has 0 spiro atoms. The molecule has 2 unspecified atom stereocenters. The van der Waals surface area contributed by atoms with Crippen molar-refractivity contribution in [3.63, 3.8) is 0 Å². The van der Waals surface area contributed by atoms with Crippen LogP contribution in [0.4, 0.5) is 26.3 Å². The maximum absolute atomic E-state index is 12.9. The summed E-state index contributed by atoms with van der Waals surface area (Å²) in [5.41, 5.74) is -0.249. The number of alkyl halides is 6. The summed E-state index contributed by atoms with van der Waals surface area (Å²) < 4.78 is 80.7. The predicted molar refractivity (Wildman–Crippen MR) is 173 cm³/mol. The minimum Gasteiger partial charge on any atom is -0.382 e. The van der Waals surface area contributed by atoms with Crippen molar-refractivity contribution < 1.29 is 36.6 Å². The van der Waals surface area contributed by atoms with E-state index >= 15 is 0 Å². The number of halogens is 8. The van der Waals surface area contributed by atoms with Crippen molar-refractivity contribution in [2.75, 3.05) is 0 Å². The molecule has 14 heteroatoms. The minimum absolute atomic E-state index is 0.606. The number of rotatable bonds is 6. The smallest absolute Gasteiger partial charge is 0.382 e. The first-order valence-corrected chi connectivity index (χ1v) is 17.4. The molecule has 2 nitrogen and oxygen atoms in total. The van der Waals surface area contributed by atoms with E-state index in [1.807, 2.05) is 12.1 Å². The molecule has 0 aliphatic heterocycles. The van der Waals surface area contributed by atoms with E-state index in [4.69, 9.17) is 0 Å². The number of thiophene rings is 4. The van der Waals surface area contributed by atoms with Gasteiger partial charge in [-0.3, -0.25) is 0 Å². The highest BCUT2D eigenvalue weighted by Crippen LogP contribution is 2.47. The molecular formula is C30H16Br2F6O2S4. The lowest BCUT2D eigenvalue weighted by Gasteiger charge is -2.08. The molecule has 0 aliphatic carbocycles. The average molecular weight is 811 g/mol. The van der Waals surface area contributed by atoms with Crippen LogP contribution < -0.4 is 0 Å². The number of aliphatic hydroxyl groups excluding tert-OH is 2. The monoisotopic (exact) mass is 808 g/mol. The van der Waals surface area contributed by atoms with Crippen LogP contribution in [0.5, 0.6) is 0 Å². The third kappa shape index (κ3) is 6.32. The van der Waals surface area contributed by atoms with Gasteiger partial charge in [-0.1, -0.05) is 24.3 Å². The van der Waals surface area contributed by atoms with Gasteiger partial charge < -0.3 is 10.2 Å². The molecule has 4 heterocycles. The average Bonchev–Trinajstić information content (AvgIpc) is 3.74. The van der Waals surface area contributed by atoms with E-state index in [1.54, 1.807) is 12.1 Å². The molecule has 44 heavy (non-hydrogen) atoms. The summed E-state index contributed by atoms with van der Waals surface area (Å²) in [6, 6.07) is 17.0. The van der Waals surface area contributed by atoms with Crippen molar-refractivity contribution in [2.45, 2.75) is 24.6 Å². The quantitative estimate of drug-likeness (QED) is 0.165. The fraction of sp³-hybridized carbons (Fsp3) is 0.133. The second-order valence-corrected chi connectivity index (χ2v) is 15.7. The first-order valence-electron chi connectivity index (χ1n) is 12.5. The molecule has 6 aromatic rings. The standard InChI is InChI=1S/C30H16Br2F6O2S4/c31-17-9-19(13-1-5-15(6-2-13)29(33,34)35)43-27(17)25(39)23-11-21-22(41-23)12-24(42-21)26(40)28-18(32)10-20(44-28)14-3-7-16(8-4-14)30(36,37)38/h1-12,25-26,39-40H. The fourth-order valence-corrected chi connectivity index (χ4v) is 10.8. The zero-order chi connectivity index (χ0) is 31.6. The molecular weight excluding hydrogens is 794 g/mol. The Morgan fingerprint density at radius 1 is 0.523 bits per heavy atom. The topological polar surface area (TPSA) is 40.5 Å². The molecule has 0 aliphatic rings. The van der Waals surface area contributed by atoms with Gasteiger partial charge in [-0.15, -0.1) is 45.3 Å². The van der Waals surface area contributed by atoms with E-state index in [0.29, 0.717) is 49.3 Å². The van der Waals surface area contributed by atoms with Gasteiger partial charge in [-0.05, 0) is 91.5 Å². The van der Waals surface area contributed by atoms with E-state index in [2.05, 4.69) is 31.9 Å². The largest absolute Gasteiger partial charge is 0.416 e. The molecule has 0 fully saturated rings. The Morgan fingerprint density at radius 3 is 1.18 bits per heavy atom. The normalized spacial score (nSPS) is 14.0. The Balaban J connectivity index is 1.21. The van der Waals surface area contributed by atoms with E-state index in [0.717, 1.165) is 33.7 Å². The first-order chi connectivity index (χ1) is 20.7. The summed E-state index contributed by atoms with van der Waals surface area (Å²) in [6.45, 7) is 0. The van der Waals surface area contributed by atoms with Crippen LogP contribution >= 0.6 is 77.2 Å². The van der Waals surface area contributed by atoms with Crippen LogP contribution in [0.1, 0.15) is 42.8 Å². The molecule has 0 amide bonds. The minimum atomic E-state index is -4.42. The zero-order valence-electron chi connectivity index (χ0n) is 21.6. The maximum atomic E-state index is 12.9. The molecule has 2 aromatic carbocycles. The third-order valence-corrected chi connectivity index (χ3v) is 13.4. The van der Waals surface area contributed by atoms with Crippen LogP contribution in [0.15, 0.2) is 81.7 Å². The second kappa shape index (κ2) is 12.0.